The second-order valence-corrected chi connectivity index (χ2v) is 6.77. The van der Waals surface area contributed by atoms with Crippen molar-refractivity contribution in [2.24, 2.45) is 0 Å². The number of unbranched alkanes of at least 4 members (excludes halogenated alkanes) is 11. The van der Waals surface area contributed by atoms with E-state index in [0.29, 0.717) is 6.54 Å². The van der Waals surface area contributed by atoms with Gasteiger partial charge in [-0.3, -0.25) is 4.79 Å². The number of hydrogen-bond donors (Lipinski definition) is 1. The highest BCUT2D eigenvalue weighted by molar-refractivity contribution is 5.94. The predicted molar refractivity (Wildman–Crippen MR) is 99.8 cm³/mol. The summed E-state index contributed by atoms with van der Waals surface area (Å²) in [6.45, 7) is 2.75. The highest BCUT2D eigenvalue weighted by atomic mass is 19.1. The highest BCUT2D eigenvalue weighted by Crippen LogP contribution is 2.12. The van der Waals surface area contributed by atoms with Crippen molar-refractivity contribution in [1.29, 1.82) is 0 Å². The number of rotatable bonds is 14. The van der Waals surface area contributed by atoms with E-state index >= 15 is 0 Å². The molecule has 0 fully saturated rings. The molecule has 0 heterocycles. The summed E-state index contributed by atoms with van der Waals surface area (Å²) in [5.74, 6) is -1.83. The minimum atomic E-state index is -0.686. The van der Waals surface area contributed by atoms with Gasteiger partial charge in [-0.1, -0.05) is 77.6 Å². The van der Waals surface area contributed by atoms with E-state index < -0.39 is 17.5 Å². The zero-order valence-corrected chi connectivity index (χ0v) is 15.6. The van der Waals surface area contributed by atoms with Crippen molar-refractivity contribution in [1.82, 2.24) is 5.32 Å². The molecule has 1 rings (SSSR count). The summed E-state index contributed by atoms with van der Waals surface area (Å²) >= 11 is 0. The first kappa shape index (κ1) is 21.6. The smallest absolute Gasteiger partial charge is 0.254 e. The average Bonchev–Trinajstić information content (AvgIpc) is 2.61. The molecule has 0 aliphatic carbocycles. The van der Waals surface area contributed by atoms with Crippen molar-refractivity contribution in [3.8, 4) is 0 Å². The number of carbonyl (C=O) groups is 1. The summed E-state index contributed by atoms with van der Waals surface area (Å²) in [6.07, 6.45) is 15.1. The van der Waals surface area contributed by atoms with Gasteiger partial charge in [-0.05, 0) is 24.6 Å². The predicted octanol–water partition coefficient (Wildman–Crippen LogP) is 6.40. The Kier molecular flexibility index (Phi) is 11.9. The quantitative estimate of drug-likeness (QED) is 0.385. The zero-order chi connectivity index (χ0) is 18.3. The third-order valence-electron chi connectivity index (χ3n) is 4.49. The van der Waals surface area contributed by atoms with Crippen LogP contribution in [0.4, 0.5) is 8.78 Å². The molecule has 1 aromatic rings. The second kappa shape index (κ2) is 13.8. The molecule has 0 aliphatic rings. The number of amides is 1. The van der Waals surface area contributed by atoms with Crippen molar-refractivity contribution in [2.75, 3.05) is 6.54 Å². The fraction of sp³-hybridized carbons (Fsp3) is 0.667. The summed E-state index contributed by atoms with van der Waals surface area (Å²) in [6, 6.07) is 2.93. The van der Waals surface area contributed by atoms with Gasteiger partial charge < -0.3 is 5.32 Å². The van der Waals surface area contributed by atoms with Crippen LogP contribution in [0.25, 0.3) is 0 Å². The summed E-state index contributed by atoms with van der Waals surface area (Å²) in [4.78, 5) is 11.8. The third kappa shape index (κ3) is 10.2. The molecule has 142 valence electrons. The fourth-order valence-electron chi connectivity index (χ4n) is 2.93. The Morgan fingerprint density at radius 1 is 0.840 bits per heavy atom. The van der Waals surface area contributed by atoms with Gasteiger partial charge in [-0.15, -0.1) is 0 Å². The van der Waals surface area contributed by atoms with Crippen LogP contribution < -0.4 is 5.32 Å². The zero-order valence-electron chi connectivity index (χ0n) is 15.6. The Labute approximate surface area is 151 Å². The topological polar surface area (TPSA) is 29.1 Å². The van der Waals surface area contributed by atoms with Crippen LogP contribution in [0.3, 0.4) is 0 Å². The Bertz CT molecular complexity index is 491. The number of nitrogens with one attached hydrogen (secondary N) is 1. The fourth-order valence-corrected chi connectivity index (χ4v) is 2.93. The Balaban J connectivity index is 1.95. The molecule has 0 unspecified atom stereocenters. The summed E-state index contributed by atoms with van der Waals surface area (Å²) in [5, 5.41) is 2.66. The molecule has 0 saturated carbocycles. The Morgan fingerprint density at radius 3 is 1.92 bits per heavy atom. The van der Waals surface area contributed by atoms with Crippen molar-refractivity contribution < 1.29 is 13.6 Å². The Hall–Kier alpha value is -1.45. The van der Waals surface area contributed by atoms with E-state index in [2.05, 4.69) is 12.2 Å². The van der Waals surface area contributed by atoms with Gasteiger partial charge in [0, 0.05) is 6.54 Å². The van der Waals surface area contributed by atoms with Crippen LogP contribution in [0.2, 0.25) is 0 Å². The monoisotopic (exact) mass is 353 g/mol. The lowest BCUT2D eigenvalue weighted by molar-refractivity contribution is 0.0948. The van der Waals surface area contributed by atoms with Crippen molar-refractivity contribution in [2.45, 2.75) is 84.0 Å². The number of hydrogen-bond acceptors (Lipinski definition) is 1. The molecule has 0 saturated heterocycles. The second-order valence-electron chi connectivity index (χ2n) is 6.77. The summed E-state index contributed by atoms with van der Waals surface area (Å²) < 4.78 is 26.5. The largest absolute Gasteiger partial charge is 0.352 e. The maximum absolute atomic E-state index is 13.5. The van der Waals surface area contributed by atoms with Crippen LogP contribution in [0.5, 0.6) is 0 Å². The van der Waals surface area contributed by atoms with Crippen LogP contribution in [-0.4, -0.2) is 12.5 Å². The third-order valence-corrected chi connectivity index (χ3v) is 4.49. The van der Waals surface area contributed by atoms with E-state index in [0.717, 1.165) is 31.0 Å². The lowest BCUT2D eigenvalue weighted by atomic mass is 10.1. The molecule has 4 heteroatoms. The van der Waals surface area contributed by atoms with Gasteiger partial charge in [0.1, 0.15) is 11.6 Å². The number of benzene rings is 1. The average molecular weight is 353 g/mol. The van der Waals surface area contributed by atoms with Crippen LogP contribution in [0, 0.1) is 11.6 Å². The van der Waals surface area contributed by atoms with Crippen molar-refractivity contribution in [3.05, 3.63) is 35.4 Å². The minimum Gasteiger partial charge on any atom is -0.352 e. The van der Waals surface area contributed by atoms with Crippen LogP contribution in [0.1, 0.15) is 94.3 Å². The lowest BCUT2D eigenvalue weighted by Crippen LogP contribution is -2.25. The molecule has 0 aromatic heterocycles. The molecule has 25 heavy (non-hydrogen) atoms. The van der Waals surface area contributed by atoms with Gasteiger partial charge in [-0.25, -0.2) is 8.78 Å². The normalized spacial score (nSPS) is 10.8. The minimum absolute atomic E-state index is 0.223. The van der Waals surface area contributed by atoms with E-state index in [1.54, 1.807) is 0 Å². The molecule has 2 nitrogen and oxygen atoms in total. The van der Waals surface area contributed by atoms with Gasteiger partial charge in [0.05, 0.1) is 5.56 Å². The molecular weight excluding hydrogens is 320 g/mol. The van der Waals surface area contributed by atoms with Crippen molar-refractivity contribution in [3.63, 3.8) is 0 Å². The molecule has 0 radical (unpaired) electrons. The number of halogens is 2. The SMILES string of the molecule is CCCCCCCCCCCCCCNC(=O)c1cc(F)ccc1F. The van der Waals surface area contributed by atoms with Gasteiger partial charge in [0.25, 0.3) is 5.91 Å². The van der Waals surface area contributed by atoms with Gasteiger partial charge in [0.15, 0.2) is 0 Å². The molecule has 0 aliphatic heterocycles. The maximum atomic E-state index is 13.5. The van der Waals surface area contributed by atoms with E-state index in [9.17, 15) is 13.6 Å². The first-order valence-electron chi connectivity index (χ1n) is 9.88. The van der Waals surface area contributed by atoms with Crippen LogP contribution >= 0.6 is 0 Å². The first-order valence-corrected chi connectivity index (χ1v) is 9.88. The number of carbonyl (C=O) groups excluding carboxylic acids is 1. The molecule has 1 N–H and O–H groups in total. The van der Waals surface area contributed by atoms with E-state index in [1.807, 2.05) is 0 Å². The summed E-state index contributed by atoms with van der Waals surface area (Å²) in [7, 11) is 0. The van der Waals surface area contributed by atoms with E-state index in [1.165, 1.54) is 64.2 Å². The van der Waals surface area contributed by atoms with Gasteiger partial charge in [-0.2, -0.15) is 0 Å². The van der Waals surface area contributed by atoms with Gasteiger partial charge in [0.2, 0.25) is 0 Å². The summed E-state index contributed by atoms with van der Waals surface area (Å²) in [5.41, 5.74) is -0.223. The first-order chi connectivity index (χ1) is 12.1. The van der Waals surface area contributed by atoms with E-state index in [4.69, 9.17) is 0 Å². The molecule has 0 bridgehead atoms. The van der Waals surface area contributed by atoms with Gasteiger partial charge >= 0.3 is 0 Å². The molecule has 0 spiro atoms. The molecule has 0 atom stereocenters. The van der Waals surface area contributed by atoms with Crippen molar-refractivity contribution >= 4 is 5.91 Å². The van der Waals surface area contributed by atoms with Crippen LogP contribution in [-0.2, 0) is 0 Å². The highest BCUT2D eigenvalue weighted by Gasteiger charge is 2.11. The molecule has 1 amide bonds. The standard InChI is InChI=1S/C21H33F2NO/c1-2-3-4-5-6-7-8-9-10-11-12-13-16-24-21(25)19-17-18(22)14-15-20(19)23/h14-15,17H,2-13,16H2,1H3,(H,24,25). The lowest BCUT2D eigenvalue weighted by Gasteiger charge is -2.06. The maximum Gasteiger partial charge on any atom is 0.254 e. The van der Waals surface area contributed by atoms with Crippen LogP contribution in [0.15, 0.2) is 18.2 Å². The van der Waals surface area contributed by atoms with E-state index in [-0.39, 0.29) is 5.56 Å². The molecular formula is C21H33F2NO. The Morgan fingerprint density at radius 2 is 1.36 bits per heavy atom. The molecule has 1 aromatic carbocycles.